The van der Waals surface area contributed by atoms with Crippen molar-refractivity contribution in [3.05, 3.63) is 115 Å². The summed E-state index contributed by atoms with van der Waals surface area (Å²) in [5, 5.41) is 0. The highest BCUT2D eigenvalue weighted by molar-refractivity contribution is 7.07. The van der Waals surface area contributed by atoms with Gasteiger partial charge in [0.15, 0.2) is 4.80 Å². The molecular weight excluding hydrogens is 534 g/mol. The third-order valence-corrected chi connectivity index (χ3v) is 7.87. The Morgan fingerprint density at radius 1 is 1.00 bits per heavy atom. The lowest BCUT2D eigenvalue weighted by Gasteiger charge is -2.24. The normalized spacial score (nSPS) is 17.3. The maximum Gasteiger partial charge on any atom is 0.379 e. The minimum Gasteiger partial charge on any atom is -0.466 e. The second-order valence-electron chi connectivity index (χ2n) is 9.09. The Morgan fingerprint density at radius 3 is 2.45 bits per heavy atom. The summed E-state index contributed by atoms with van der Waals surface area (Å²) in [6.07, 6.45) is 1.37. The Hall–Kier alpha value is -5.03. The zero-order valence-corrected chi connectivity index (χ0v) is 22.4. The molecule has 10 nitrogen and oxygen atoms in total. The standard InChI is InChI=1S/C29H21N3O7S/c1-15-21(28(36)37-3)23(16-10-12-17(13-11-16)39-27(35)20-9-6-14-38-20)32-26(34)24(40-29(32)30-15)22-18-7-4-5-8-19(18)31(2)25(22)33/h4-14,23H,1-3H3/b24-22-. The van der Waals surface area contributed by atoms with Gasteiger partial charge in [-0.1, -0.05) is 41.7 Å². The molecule has 40 heavy (non-hydrogen) atoms. The Balaban J connectivity index is 1.51. The molecule has 2 aliphatic heterocycles. The molecular formula is C29H21N3O7S. The first-order chi connectivity index (χ1) is 19.3. The molecule has 0 bridgehead atoms. The number of hydrogen-bond donors (Lipinski definition) is 0. The summed E-state index contributed by atoms with van der Waals surface area (Å²) in [4.78, 5) is 58.9. The molecule has 0 radical (unpaired) electrons. The van der Waals surface area contributed by atoms with Crippen LogP contribution < -0.4 is 24.5 Å². The van der Waals surface area contributed by atoms with Crippen LogP contribution in [0.4, 0.5) is 5.69 Å². The summed E-state index contributed by atoms with van der Waals surface area (Å²) in [5.74, 6) is -1.30. The molecule has 0 fully saturated rings. The number of anilines is 1. The highest BCUT2D eigenvalue weighted by Gasteiger charge is 2.36. The van der Waals surface area contributed by atoms with Gasteiger partial charge >= 0.3 is 11.9 Å². The first-order valence-corrected chi connectivity index (χ1v) is 13.0. The lowest BCUT2D eigenvalue weighted by Crippen LogP contribution is -2.40. The number of carbonyl (C=O) groups excluding carboxylic acids is 3. The van der Waals surface area contributed by atoms with Crippen molar-refractivity contribution in [3.63, 3.8) is 0 Å². The van der Waals surface area contributed by atoms with E-state index in [1.807, 2.05) is 18.2 Å². The smallest absolute Gasteiger partial charge is 0.379 e. The van der Waals surface area contributed by atoms with E-state index in [1.54, 1.807) is 50.4 Å². The first kappa shape index (κ1) is 25.3. The van der Waals surface area contributed by atoms with Crippen LogP contribution in [0, 0.1) is 0 Å². The molecule has 6 rings (SSSR count). The number of methoxy groups -OCH3 is 1. The molecule has 1 atom stereocenters. The summed E-state index contributed by atoms with van der Waals surface area (Å²) in [5.41, 5.74) is 2.32. The highest BCUT2D eigenvalue weighted by atomic mass is 32.1. The lowest BCUT2D eigenvalue weighted by atomic mass is 9.96. The van der Waals surface area contributed by atoms with Gasteiger partial charge in [0.25, 0.3) is 11.5 Å². The van der Waals surface area contributed by atoms with Crippen molar-refractivity contribution in [1.29, 1.82) is 0 Å². The van der Waals surface area contributed by atoms with Crippen LogP contribution in [0.5, 0.6) is 5.75 Å². The second kappa shape index (κ2) is 9.62. The van der Waals surface area contributed by atoms with Crippen LogP contribution in [-0.4, -0.2) is 36.6 Å². The van der Waals surface area contributed by atoms with Crippen molar-refractivity contribution >= 4 is 40.4 Å². The second-order valence-corrected chi connectivity index (χ2v) is 10.1. The van der Waals surface area contributed by atoms with Gasteiger partial charge in [-0.25, -0.2) is 14.6 Å². The van der Waals surface area contributed by atoms with Crippen LogP contribution in [0.1, 0.15) is 34.6 Å². The van der Waals surface area contributed by atoms with Crippen molar-refractivity contribution in [1.82, 2.24) is 4.57 Å². The Kier molecular flexibility index (Phi) is 6.07. The van der Waals surface area contributed by atoms with Crippen molar-refractivity contribution in [2.45, 2.75) is 13.0 Å². The number of fused-ring (bicyclic) bond motifs is 2. The SMILES string of the molecule is COC(=O)C1=C(C)N=c2s/c(=C3\C(=O)N(C)c4ccccc43)c(=O)n2C1c1ccc(OC(=O)c2ccco2)cc1. The van der Waals surface area contributed by atoms with Gasteiger partial charge in [-0.05, 0) is 42.8 Å². The number of nitrogens with zero attached hydrogens (tertiary/aromatic N) is 3. The molecule has 11 heteroatoms. The number of furan rings is 1. The summed E-state index contributed by atoms with van der Waals surface area (Å²) < 4.78 is 17.1. The van der Waals surface area contributed by atoms with E-state index in [2.05, 4.69) is 4.99 Å². The number of rotatable bonds is 4. The molecule has 2 aromatic carbocycles. The summed E-state index contributed by atoms with van der Waals surface area (Å²) in [6, 6.07) is 15.9. The van der Waals surface area contributed by atoms with Gasteiger partial charge in [0.1, 0.15) is 10.3 Å². The van der Waals surface area contributed by atoms with Crippen molar-refractivity contribution in [3.8, 4) is 5.75 Å². The summed E-state index contributed by atoms with van der Waals surface area (Å²) in [6.45, 7) is 1.67. The third kappa shape index (κ3) is 3.90. The number of carbonyl (C=O) groups is 3. The zero-order chi connectivity index (χ0) is 28.1. The number of thiazole rings is 1. The van der Waals surface area contributed by atoms with Gasteiger partial charge < -0.3 is 18.8 Å². The van der Waals surface area contributed by atoms with Gasteiger partial charge in [0.2, 0.25) is 5.76 Å². The third-order valence-electron chi connectivity index (χ3n) is 6.81. The van der Waals surface area contributed by atoms with E-state index in [0.717, 1.165) is 11.3 Å². The molecule has 1 amide bonds. The number of aromatic nitrogens is 1. The number of allylic oxidation sites excluding steroid dienone is 1. The topological polar surface area (TPSA) is 120 Å². The number of para-hydroxylation sites is 1. The van der Waals surface area contributed by atoms with Crippen molar-refractivity contribution < 1.29 is 28.3 Å². The van der Waals surface area contributed by atoms with Gasteiger partial charge in [-0.3, -0.25) is 14.2 Å². The minimum absolute atomic E-state index is 0.0534. The molecule has 200 valence electrons. The van der Waals surface area contributed by atoms with E-state index in [1.165, 1.54) is 28.9 Å². The number of ether oxygens (including phenoxy) is 2. The van der Waals surface area contributed by atoms with E-state index in [0.29, 0.717) is 32.9 Å². The molecule has 4 aromatic rings. The molecule has 0 spiro atoms. The van der Waals surface area contributed by atoms with Crippen molar-refractivity contribution in [2.24, 2.45) is 4.99 Å². The van der Waals surface area contributed by atoms with Crippen molar-refractivity contribution in [2.75, 3.05) is 19.1 Å². The minimum atomic E-state index is -0.891. The van der Waals surface area contributed by atoms with Crippen LogP contribution in [-0.2, 0) is 14.3 Å². The van der Waals surface area contributed by atoms with E-state index in [9.17, 15) is 19.2 Å². The zero-order valence-electron chi connectivity index (χ0n) is 21.5. The number of esters is 2. The molecule has 0 N–H and O–H groups in total. The van der Waals surface area contributed by atoms with Crippen LogP contribution in [0.2, 0.25) is 0 Å². The lowest BCUT2D eigenvalue weighted by molar-refractivity contribution is -0.136. The van der Waals surface area contributed by atoms with Gasteiger partial charge in [-0.15, -0.1) is 0 Å². The van der Waals surface area contributed by atoms with E-state index < -0.39 is 23.5 Å². The summed E-state index contributed by atoms with van der Waals surface area (Å²) >= 11 is 1.10. The molecule has 0 saturated heterocycles. The van der Waals surface area contributed by atoms with Crippen LogP contribution >= 0.6 is 11.3 Å². The number of likely N-dealkylation sites (N-methyl/N-ethyl adjacent to an activating group) is 1. The first-order valence-electron chi connectivity index (χ1n) is 12.2. The summed E-state index contributed by atoms with van der Waals surface area (Å²) in [7, 11) is 2.92. The predicted molar refractivity (Wildman–Crippen MR) is 145 cm³/mol. The molecule has 0 saturated carbocycles. The monoisotopic (exact) mass is 555 g/mol. The maximum atomic E-state index is 14.0. The molecule has 4 heterocycles. The van der Waals surface area contributed by atoms with E-state index in [4.69, 9.17) is 13.9 Å². The van der Waals surface area contributed by atoms with E-state index >= 15 is 0 Å². The molecule has 0 aliphatic carbocycles. The van der Waals surface area contributed by atoms with Crippen LogP contribution in [0.25, 0.3) is 5.57 Å². The average molecular weight is 556 g/mol. The number of amides is 1. The van der Waals surface area contributed by atoms with E-state index in [-0.39, 0.29) is 27.5 Å². The molecule has 2 aliphatic rings. The Morgan fingerprint density at radius 2 is 1.75 bits per heavy atom. The average Bonchev–Trinajstić information content (AvgIpc) is 3.67. The van der Waals surface area contributed by atoms with Gasteiger partial charge in [0.05, 0.1) is 41.9 Å². The highest BCUT2D eigenvalue weighted by Crippen LogP contribution is 2.35. The van der Waals surface area contributed by atoms with Crippen LogP contribution in [0.15, 0.2) is 92.4 Å². The van der Waals surface area contributed by atoms with Crippen LogP contribution in [0.3, 0.4) is 0 Å². The Bertz CT molecular complexity index is 1910. The predicted octanol–water partition coefficient (Wildman–Crippen LogP) is 2.57. The quantitative estimate of drug-likeness (QED) is 0.280. The molecule has 1 unspecified atom stereocenters. The fourth-order valence-corrected chi connectivity index (χ4v) is 6.05. The maximum absolute atomic E-state index is 14.0. The fourth-order valence-electron chi connectivity index (χ4n) is 4.92. The Labute approximate surface area is 230 Å². The number of hydrogen-bond acceptors (Lipinski definition) is 9. The largest absolute Gasteiger partial charge is 0.466 e. The number of benzene rings is 2. The molecule has 2 aromatic heterocycles. The van der Waals surface area contributed by atoms with Gasteiger partial charge in [0, 0.05) is 12.6 Å². The fraction of sp³-hybridized carbons (Fsp3) is 0.138. The van der Waals surface area contributed by atoms with Gasteiger partial charge in [-0.2, -0.15) is 0 Å².